The molecule has 1 fully saturated rings. The van der Waals surface area contributed by atoms with Gasteiger partial charge in [-0.25, -0.2) is 0 Å². The minimum atomic E-state index is 0.482. The fourth-order valence-corrected chi connectivity index (χ4v) is 3.67. The minimum absolute atomic E-state index is 0.482. The van der Waals surface area contributed by atoms with Crippen LogP contribution in [0.15, 0.2) is 28.7 Å². The molecule has 106 valence electrons. The molecular weight excluding hydrogens is 298 g/mol. The van der Waals surface area contributed by atoms with Crippen molar-refractivity contribution in [1.29, 1.82) is 0 Å². The van der Waals surface area contributed by atoms with E-state index in [9.17, 15) is 0 Å². The Morgan fingerprint density at radius 1 is 1.32 bits per heavy atom. The third kappa shape index (κ3) is 3.82. The zero-order chi connectivity index (χ0) is 13.8. The van der Waals surface area contributed by atoms with Crippen LogP contribution in [0.5, 0.6) is 0 Å². The van der Waals surface area contributed by atoms with Crippen LogP contribution in [0.25, 0.3) is 0 Å². The first-order valence-corrected chi connectivity index (χ1v) is 8.42. The number of rotatable bonds is 4. The van der Waals surface area contributed by atoms with Crippen molar-refractivity contribution in [2.24, 2.45) is 11.8 Å². The van der Waals surface area contributed by atoms with E-state index < -0.39 is 0 Å². The lowest BCUT2D eigenvalue weighted by Crippen LogP contribution is -2.42. The fourth-order valence-electron chi connectivity index (χ4n) is 3.25. The van der Waals surface area contributed by atoms with E-state index in [0.717, 1.165) is 18.3 Å². The summed E-state index contributed by atoms with van der Waals surface area (Å²) in [7, 11) is 0. The zero-order valence-electron chi connectivity index (χ0n) is 12.3. The summed E-state index contributed by atoms with van der Waals surface area (Å²) in [6.07, 6.45) is 5.25. The molecule has 0 bridgehead atoms. The molecule has 2 heteroatoms. The van der Waals surface area contributed by atoms with Crippen LogP contribution in [0.1, 0.15) is 58.1 Å². The van der Waals surface area contributed by atoms with Crippen molar-refractivity contribution in [2.75, 3.05) is 0 Å². The van der Waals surface area contributed by atoms with Crippen LogP contribution in [-0.4, -0.2) is 6.04 Å². The van der Waals surface area contributed by atoms with Crippen LogP contribution in [-0.2, 0) is 0 Å². The molecule has 1 aromatic carbocycles. The Hall–Kier alpha value is -0.340. The molecule has 0 saturated heterocycles. The van der Waals surface area contributed by atoms with Crippen LogP contribution < -0.4 is 5.32 Å². The molecule has 0 aliphatic heterocycles. The summed E-state index contributed by atoms with van der Waals surface area (Å²) in [4.78, 5) is 0. The third-order valence-corrected chi connectivity index (χ3v) is 5.27. The number of nitrogens with one attached hydrogen (secondary N) is 1. The van der Waals surface area contributed by atoms with Crippen molar-refractivity contribution >= 4 is 15.9 Å². The summed E-state index contributed by atoms with van der Waals surface area (Å²) in [6.45, 7) is 7.09. The molecule has 1 aliphatic carbocycles. The predicted molar refractivity (Wildman–Crippen MR) is 86.3 cm³/mol. The Balaban J connectivity index is 2.06. The highest BCUT2D eigenvalue weighted by atomic mass is 79.9. The molecule has 4 unspecified atom stereocenters. The van der Waals surface area contributed by atoms with Crippen molar-refractivity contribution in [3.8, 4) is 0 Å². The highest BCUT2D eigenvalue weighted by Gasteiger charge is 2.28. The van der Waals surface area contributed by atoms with Crippen LogP contribution in [0.2, 0.25) is 0 Å². The second-order valence-corrected chi connectivity index (χ2v) is 6.97. The highest BCUT2D eigenvalue weighted by Crippen LogP contribution is 2.32. The number of hydrogen-bond acceptors (Lipinski definition) is 1. The van der Waals surface area contributed by atoms with Gasteiger partial charge in [0.05, 0.1) is 0 Å². The van der Waals surface area contributed by atoms with Gasteiger partial charge in [0.15, 0.2) is 0 Å². The van der Waals surface area contributed by atoms with Crippen LogP contribution in [0, 0.1) is 11.8 Å². The Labute approximate surface area is 126 Å². The second kappa shape index (κ2) is 6.90. The van der Waals surface area contributed by atoms with Crippen molar-refractivity contribution in [3.63, 3.8) is 0 Å². The molecule has 0 amide bonds. The quantitative estimate of drug-likeness (QED) is 0.791. The van der Waals surface area contributed by atoms with Crippen molar-refractivity contribution in [3.05, 3.63) is 34.3 Å². The largest absolute Gasteiger partial charge is 0.307 e. The molecular formula is C17H26BrN. The first-order chi connectivity index (χ1) is 9.11. The van der Waals surface area contributed by atoms with Gasteiger partial charge in [-0.15, -0.1) is 0 Å². The van der Waals surface area contributed by atoms with Gasteiger partial charge in [0.25, 0.3) is 0 Å². The molecule has 1 nitrogen and oxygen atoms in total. The van der Waals surface area contributed by atoms with Gasteiger partial charge >= 0.3 is 0 Å². The average Bonchev–Trinajstić information content (AvgIpc) is 2.40. The summed E-state index contributed by atoms with van der Waals surface area (Å²) < 4.78 is 1.18. The molecule has 0 aromatic heterocycles. The van der Waals surface area contributed by atoms with Crippen LogP contribution >= 0.6 is 15.9 Å². The lowest BCUT2D eigenvalue weighted by molar-refractivity contribution is 0.192. The van der Waals surface area contributed by atoms with E-state index in [1.807, 2.05) is 0 Å². The smallest absolute Gasteiger partial charge is 0.0320 e. The normalized spacial score (nSPS) is 29.2. The number of benzene rings is 1. The first kappa shape index (κ1) is 15.1. The van der Waals surface area contributed by atoms with Gasteiger partial charge < -0.3 is 5.32 Å². The lowest BCUT2D eigenvalue weighted by atomic mass is 9.77. The number of halogens is 1. The second-order valence-electron chi connectivity index (χ2n) is 6.06. The Bertz CT molecular complexity index is 404. The molecule has 2 rings (SSSR count). The van der Waals surface area contributed by atoms with Crippen molar-refractivity contribution in [2.45, 2.75) is 58.5 Å². The maximum absolute atomic E-state index is 3.91. The van der Waals surface area contributed by atoms with E-state index >= 15 is 0 Å². The van der Waals surface area contributed by atoms with Gasteiger partial charge in [-0.3, -0.25) is 0 Å². The van der Waals surface area contributed by atoms with E-state index in [2.05, 4.69) is 66.3 Å². The van der Waals surface area contributed by atoms with Gasteiger partial charge in [0.1, 0.15) is 0 Å². The molecule has 1 aromatic rings. The topological polar surface area (TPSA) is 12.0 Å². The third-order valence-electron chi connectivity index (χ3n) is 4.78. The summed E-state index contributed by atoms with van der Waals surface area (Å²) in [5.41, 5.74) is 1.40. The monoisotopic (exact) mass is 323 g/mol. The van der Waals surface area contributed by atoms with Gasteiger partial charge in [-0.05, 0) is 42.4 Å². The fraction of sp³-hybridized carbons (Fsp3) is 0.647. The van der Waals surface area contributed by atoms with Crippen LogP contribution in [0.3, 0.4) is 0 Å². The van der Waals surface area contributed by atoms with E-state index in [-0.39, 0.29) is 0 Å². The zero-order valence-corrected chi connectivity index (χ0v) is 13.9. The predicted octanol–water partition coefficient (Wildman–Crippen LogP) is 5.31. The Kier molecular flexibility index (Phi) is 5.47. The van der Waals surface area contributed by atoms with E-state index in [4.69, 9.17) is 0 Å². The Morgan fingerprint density at radius 3 is 2.79 bits per heavy atom. The van der Waals surface area contributed by atoms with Gasteiger partial charge in [-0.1, -0.05) is 61.7 Å². The van der Waals surface area contributed by atoms with E-state index in [0.29, 0.717) is 12.1 Å². The molecule has 1 N–H and O–H groups in total. The Morgan fingerprint density at radius 2 is 2.11 bits per heavy atom. The average molecular weight is 324 g/mol. The van der Waals surface area contributed by atoms with E-state index in [1.54, 1.807) is 0 Å². The van der Waals surface area contributed by atoms with Gasteiger partial charge in [0.2, 0.25) is 0 Å². The first-order valence-electron chi connectivity index (χ1n) is 7.63. The van der Waals surface area contributed by atoms with Gasteiger partial charge in [0, 0.05) is 16.6 Å². The molecule has 0 heterocycles. The summed E-state index contributed by atoms with van der Waals surface area (Å²) in [6, 6.07) is 9.88. The van der Waals surface area contributed by atoms with E-state index in [1.165, 1.54) is 29.3 Å². The molecule has 19 heavy (non-hydrogen) atoms. The number of hydrogen-bond donors (Lipinski definition) is 1. The maximum atomic E-state index is 3.91. The molecule has 1 aliphatic rings. The minimum Gasteiger partial charge on any atom is -0.307 e. The molecule has 0 spiro atoms. The maximum Gasteiger partial charge on any atom is 0.0320 e. The summed E-state index contributed by atoms with van der Waals surface area (Å²) in [5.74, 6) is 1.64. The van der Waals surface area contributed by atoms with Crippen molar-refractivity contribution < 1.29 is 0 Å². The summed E-state index contributed by atoms with van der Waals surface area (Å²) >= 11 is 3.58. The standard InChI is InChI=1S/C17H26BrN/c1-4-16(14-8-6-9-15(18)11-14)19-17-10-5-7-12(2)13(17)3/h6,8-9,11-13,16-17,19H,4-5,7,10H2,1-3H3. The summed E-state index contributed by atoms with van der Waals surface area (Å²) in [5, 5.41) is 3.91. The molecule has 4 atom stereocenters. The van der Waals surface area contributed by atoms with Crippen LogP contribution in [0.4, 0.5) is 0 Å². The van der Waals surface area contributed by atoms with Crippen molar-refractivity contribution in [1.82, 2.24) is 5.32 Å². The highest BCUT2D eigenvalue weighted by molar-refractivity contribution is 9.10. The SMILES string of the molecule is CCC(NC1CCCC(C)C1C)c1cccc(Br)c1. The lowest BCUT2D eigenvalue weighted by Gasteiger charge is -2.37. The van der Waals surface area contributed by atoms with Gasteiger partial charge in [-0.2, -0.15) is 0 Å². The molecule has 1 saturated carbocycles. The molecule has 0 radical (unpaired) electrons.